The van der Waals surface area contributed by atoms with Crippen molar-refractivity contribution in [3.8, 4) is 0 Å². The van der Waals surface area contributed by atoms with Crippen molar-refractivity contribution < 1.29 is 14.7 Å². The van der Waals surface area contributed by atoms with Gasteiger partial charge in [-0.3, -0.25) is 9.59 Å². The first kappa shape index (κ1) is 24.1. The highest BCUT2D eigenvalue weighted by Crippen LogP contribution is 2.14. The predicted octanol–water partition coefficient (Wildman–Crippen LogP) is 5.47. The number of rotatable bonds is 18. The van der Waals surface area contributed by atoms with Crippen molar-refractivity contribution in [1.29, 1.82) is 0 Å². The second-order valence-electron chi connectivity index (χ2n) is 7.58. The first-order valence-corrected chi connectivity index (χ1v) is 10.5. The Labute approximate surface area is 154 Å². The fourth-order valence-electron chi connectivity index (χ4n) is 3.17. The molecule has 2 atom stereocenters. The van der Waals surface area contributed by atoms with Gasteiger partial charge in [0.2, 0.25) is 0 Å². The Balaban J connectivity index is 3.35. The highest BCUT2D eigenvalue weighted by atomic mass is 16.4. The Hall–Kier alpha value is -0.900. The molecular weight excluding hydrogens is 314 g/mol. The van der Waals surface area contributed by atoms with Gasteiger partial charge in [0.1, 0.15) is 11.8 Å². The quantitative estimate of drug-likeness (QED) is 0.319. The summed E-state index contributed by atoms with van der Waals surface area (Å²) >= 11 is 0. The number of nitrogens with two attached hydrogens (primary N) is 1. The Bertz CT molecular complexity index is 344. The van der Waals surface area contributed by atoms with E-state index >= 15 is 0 Å². The van der Waals surface area contributed by atoms with Crippen molar-refractivity contribution in [2.24, 2.45) is 11.7 Å². The van der Waals surface area contributed by atoms with E-state index in [9.17, 15) is 9.59 Å². The second kappa shape index (κ2) is 16.6. The van der Waals surface area contributed by atoms with E-state index in [0.717, 1.165) is 12.8 Å². The first-order valence-electron chi connectivity index (χ1n) is 10.5. The maximum atomic E-state index is 11.8. The van der Waals surface area contributed by atoms with Gasteiger partial charge in [0, 0.05) is 12.8 Å². The maximum Gasteiger partial charge on any atom is 0.320 e. The molecule has 4 heteroatoms. The molecule has 0 amide bonds. The zero-order valence-corrected chi connectivity index (χ0v) is 16.6. The minimum atomic E-state index is -1.03. The molecule has 0 aromatic rings. The Morgan fingerprint density at radius 1 is 0.800 bits per heavy atom. The van der Waals surface area contributed by atoms with Gasteiger partial charge in [0.05, 0.1) is 0 Å². The summed E-state index contributed by atoms with van der Waals surface area (Å²) in [7, 11) is 0. The second-order valence-corrected chi connectivity index (χ2v) is 7.58. The minimum Gasteiger partial charge on any atom is -0.480 e. The largest absolute Gasteiger partial charge is 0.480 e. The molecule has 0 fully saturated rings. The third kappa shape index (κ3) is 15.1. The Morgan fingerprint density at radius 3 is 1.60 bits per heavy atom. The predicted molar refractivity (Wildman–Crippen MR) is 105 cm³/mol. The van der Waals surface area contributed by atoms with E-state index < -0.39 is 12.0 Å². The van der Waals surface area contributed by atoms with E-state index in [2.05, 4.69) is 6.92 Å². The Kier molecular flexibility index (Phi) is 16.0. The number of aliphatic carboxylic acids is 1. The summed E-state index contributed by atoms with van der Waals surface area (Å²) in [6.07, 6.45) is 17.6. The summed E-state index contributed by atoms with van der Waals surface area (Å²) in [6, 6.07) is -0.935. The van der Waals surface area contributed by atoms with Gasteiger partial charge in [0.15, 0.2) is 0 Å². The van der Waals surface area contributed by atoms with Gasteiger partial charge in [-0.25, -0.2) is 0 Å². The van der Waals surface area contributed by atoms with Crippen LogP contribution in [0.1, 0.15) is 110 Å². The smallest absolute Gasteiger partial charge is 0.320 e. The highest BCUT2D eigenvalue weighted by molar-refractivity contribution is 5.80. The van der Waals surface area contributed by atoms with Gasteiger partial charge >= 0.3 is 5.97 Å². The number of hydrogen-bond donors (Lipinski definition) is 2. The third-order valence-corrected chi connectivity index (χ3v) is 5.01. The van der Waals surface area contributed by atoms with E-state index in [1.54, 1.807) is 6.92 Å². The number of carboxylic acids is 1. The summed E-state index contributed by atoms with van der Waals surface area (Å²) in [6.45, 7) is 3.99. The van der Waals surface area contributed by atoms with Gasteiger partial charge in [-0.1, -0.05) is 90.9 Å². The molecule has 0 aromatic carbocycles. The van der Waals surface area contributed by atoms with Gasteiger partial charge in [-0.15, -0.1) is 0 Å². The highest BCUT2D eigenvalue weighted by Gasteiger charge is 2.21. The van der Waals surface area contributed by atoms with Gasteiger partial charge < -0.3 is 10.8 Å². The molecule has 0 bridgehead atoms. The number of carboxylic acid groups (broad SMARTS) is 1. The number of carbonyl (C=O) groups is 2. The van der Waals surface area contributed by atoms with Crippen molar-refractivity contribution in [2.45, 2.75) is 116 Å². The molecule has 0 aliphatic carbocycles. The molecule has 0 heterocycles. The molecule has 0 rings (SSSR count). The average Bonchev–Trinajstić information content (AvgIpc) is 2.58. The number of unbranched alkanes of at least 4 members (excludes halogenated alkanes) is 12. The van der Waals surface area contributed by atoms with Crippen molar-refractivity contribution in [3.05, 3.63) is 0 Å². The molecule has 0 aliphatic rings. The molecule has 3 N–H and O–H groups in total. The van der Waals surface area contributed by atoms with Crippen LogP contribution in [0.25, 0.3) is 0 Å². The molecule has 0 spiro atoms. The standard InChI is InChI=1S/C21H41NO3/c1-3-4-5-6-7-8-9-10-11-12-13-14-15-16-19(23)17-18(2)20(22)21(24)25/h18,20H,3-17,22H2,1-2H3,(H,24,25)/t18?,20-/m1/s1. The summed E-state index contributed by atoms with van der Waals surface area (Å²) in [5, 5.41) is 8.83. The summed E-state index contributed by atoms with van der Waals surface area (Å²) in [4.78, 5) is 22.6. The van der Waals surface area contributed by atoms with Crippen LogP contribution in [0.15, 0.2) is 0 Å². The lowest BCUT2D eigenvalue weighted by atomic mass is 9.94. The van der Waals surface area contributed by atoms with Crippen LogP contribution in [0.5, 0.6) is 0 Å². The van der Waals surface area contributed by atoms with Crippen LogP contribution >= 0.6 is 0 Å². The Morgan fingerprint density at radius 2 is 1.20 bits per heavy atom. The van der Waals surface area contributed by atoms with Crippen molar-refractivity contribution in [2.75, 3.05) is 0 Å². The molecule has 1 unspecified atom stereocenters. The minimum absolute atomic E-state index is 0.146. The monoisotopic (exact) mass is 355 g/mol. The molecule has 0 saturated heterocycles. The lowest BCUT2D eigenvalue weighted by Crippen LogP contribution is -2.37. The molecule has 0 aromatic heterocycles. The first-order chi connectivity index (χ1) is 12.0. The van der Waals surface area contributed by atoms with Crippen molar-refractivity contribution >= 4 is 11.8 Å². The SMILES string of the molecule is CCCCCCCCCCCCCCCC(=O)CC(C)[C@@H](N)C(=O)O. The molecule has 0 radical (unpaired) electrons. The number of hydrogen-bond acceptors (Lipinski definition) is 3. The van der Waals surface area contributed by atoms with Crippen LogP contribution in [-0.2, 0) is 9.59 Å². The molecule has 4 nitrogen and oxygen atoms in total. The van der Waals surface area contributed by atoms with Gasteiger partial charge in [-0.2, -0.15) is 0 Å². The van der Waals surface area contributed by atoms with Crippen molar-refractivity contribution in [3.63, 3.8) is 0 Å². The van der Waals surface area contributed by atoms with E-state index in [1.807, 2.05) is 0 Å². The van der Waals surface area contributed by atoms with E-state index in [4.69, 9.17) is 10.8 Å². The maximum absolute atomic E-state index is 11.8. The number of Topliss-reactive ketones (excluding diaryl/α,β-unsaturated/α-hetero) is 1. The molecule has 25 heavy (non-hydrogen) atoms. The summed E-state index contributed by atoms with van der Waals surface area (Å²) in [5.74, 6) is -1.17. The fourth-order valence-corrected chi connectivity index (χ4v) is 3.17. The third-order valence-electron chi connectivity index (χ3n) is 5.01. The zero-order chi connectivity index (χ0) is 18.9. The van der Waals surface area contributed by atoms with Gasteiger partial charge in [0.25, 0.3) is 0 Å². The fraction of sp³-hybridized carbons (Fsp3) is 0.905. The van der Waals surface area contributed by atoms with E-state index in [-0.39, 0.29) is 18.1 Å². The van der Waals surface area contributed by atoms with Crippen molar-refractivity contribution in [1.82, 2.24) is 0 Å². The lowest BCUT2D eigenvalue weighted by Gasteiger charge is -2.14. The molecule has 148 valence electrons. The topological polar surface area (TPSA) is 80.4 Å². The number of carbonyl (C=O) groups excluding carboxylic acids is 1. The average molecular weight is 356 g/mol. The van der Waals surface area contributed by atoms with Crippen LogP contribution in [-0.4, -0.2) is 22.9 Å². The normalized spacial score (nSPS) is 13.6. The van der Waals surface area contributed by atoms with Crippen LogP contribution in [0.2, 0.25) is 0 Å². The van der Waals surface area contributed by atoms with Crippen LogP contribution < -0.4 is 5.73 Å². The lowest BCUT2D eigenvalue weighted by molar-refractivity contribution is -0.139. The number of ketones is 1. The molecular formula is C21H41NO3. The zero-order valence-electron chi connectivity index (χ0n) is 16.6. The van der Waals surface area contributed by atoms with Crippen LogP contribution in [0, 0.1) is 5.92 Å². The van der Waals surface area contributed by atoms with Crippen LogP contribution in [0.4, 0.5) is 0 Å². The molecule has 0 aliphatic heterocycles. The summed E-state index contributed by atoms with van der Waals surface area (Å²) in [5.41, 5.74) is 5.53. The van der Waals surface area contributed by atoms with E-state index in [1.165, 1.54) is 70.6 Å². The molecule has 0 saturated carbocycles. The van der Waals surface area contributed by atoms with E-state index in [0.29, 0.717) is 6.42 Å². The van der Waals surface area contributed by atoms with Crippen LogP contribution in [0.3, 0.4) is 0 Å². The van der Waals surface area contributed by atoms with Gasteiger partial charge in [-0.05, 0) is 12.3 Å². The summed E-state index contributed by atoms with van der Waals surface area (Å²) < 4.78 is 0.